The SMILES string of the molecule is O=C1OCC2(CCN(Cc3cnc(N4CCCC4)nc3)CC2)O1. The van der Waals surface area contributed by atoms with Crippen molar-refractivity contribution < 1.29 is 14.3 Å². The van der Waals surface area contributed by atoms with Crippen LogP contribution in [-0.2, 0) is 16.0 Å². The van der Waals surface area contributed by atoms with Crippen LogP contribution in [0.4, 0.5) is 10.7 Å². The molecule has 23 heavy (non-hydrogen) atoms. The predicted octanol–water partition coefficient (Wildman–Crippen LogP) is 1.58. The topological polar surface area (TPSA) is 67.8 Å². The second kappa shape index (κ2) is 5.96. The Kier molecular flexibility index (Phi) is 3.80. The monoisotopic (exact) mass is 318 g/mol. The molecule has 0 aromatic carbocycles. The summed E-state index contributed by atoms with van der Waals surface area (Å²) in [6.45, 7) is 5.15. The lowest BCUT2D eigenvalue weighted by atomic mass is 9.92. The standard InChI is InChI=1S/C16H22N4O3/c21-15-22-12-16(23-15)3-7-19(8-4-16)11-13-9-17-14(18-10-13)20-5-1-2-6-20/h9-10H,1-8,11-12H2. The summed E-state index contributed by atoms with van der Waals surface area (Å²) in [5, 5.41) is 0. The third-order valence-corrected chi connectivity index (χ3v) is 5.01. The van der Waals surface area contributed by atoms with Gasteiger partial charge in [-0.2, -0.15) is 0 Å². The number of ether oxygens (including phenoxy) is 2. The van der Waals surface area contributed by atoms with Gasteiger partial charge in [0.1, 0.15) is 6.61 Å². The normalized spacial score (nSPS) is 24.0. The Labute approximate surface area is 135 Å². The Hall–Kier alpha value is -1.89. The van der Waals surface area contributed by atoms with Gasteiger partial charge in [-0.3, -0.25) is 4.90 Å². The van der Waals surface area contributed by atoms with Gasteiger partial charge in [-0.1, -0.05) is 0 Å². The average Bonchev–Trinajstić information content (AvgIpc) is 3.21. The summed E-state index contributed by atoms with van der Waals surface area (Å²) >= 11 is 0. The number of carbonyl (C=O) groups is 1. The molecule has 3 fully saturated rings. The minimum Gasteiger partial charge on any atom is -0.430 e. The summed E-state index contributed by atoms with van der Waals surface area (Å²) in [4.78, 5) is 24.8. The molecule has 0 unspecified atom stereocenters. The van der Waals surface area contributed by atoms with E-state index >= 15 is 0 Å². The van der Waals surface area contributed by atoms with E-state index in [1.54, 1.807) is 0 Å². The van der Waals surface area contributed by atoms with Gasteiger partial charge >= 0.3 is 6.16 Å². The molecule has 1 spiro atoms. The highest BCUT2D eigenvalue weighted by Gasteiger charge is 2.44. The number of hydrogen-bond acceptors (Lipinski definition) is 7. The van der Waals surface area contributed by atoms with Gasteiger partial charge in [-0.05, 0) is 12.8 Å². The molecule has 7 nitrogen and oxygen atoms in total. The minimum atomic E-state index is -0.524. The van der Waals surface area contributed by atoms with E-state index in [1.165, 1.54) is 12.8 Å². The number of piperidine rings is 1. The smallest absolute Gasteiger partial charge is 0.430 e. The van der Waals surface area contributed by atoms with Crippen LogP contribution in [-0.4, -0.2) is 59.4 Å². The summed E-state index contributed by atoms with van der Waals surface area (Å²) in [5.41, 5.74) is 0.743. The van der Waals surface area contributed by atoms with Crippen LogP contribution in [0.5, 0.6) is 0 Å². The van der Waals surface area contributed by atoms with Gasteiger partial charge in [0, 0.05) is 63.5 Å². The molecule has 7 heteroatoms. The number of nitrogens with zero attached hydrogens (tertiary/aromatic N) is 4. The molecular weight excluding hydrogens is 296 g/mol. The van der Waals surface area contributed by atoms with E-state index in [0.717, 1.165) is 57.1 Å². The molecule has 124 valence electrons. The van der Waals surface area contributed by atoms with Gasteiger partial charge in [0.2, 0.25) is 5.95 Å². The van der Waals surface area contributed by atoms with Crippen molar-refractivity contribution in [3.63, 3.8) is 0 Å². The average molecular weight is 318 g/mol. The molecule has 0 bridgehead atoms. The first-order valence-electron chi connectivity index (χ1n) is 8.37. The van der Waals surface area contributed by atoms with Gasteiger partial charge in [0.25, 0.3) is 0 Å². The van der Waals surface area contributed by atoms with Crippen molar-refractivity contribution in [1.29, 1.82) is 0 Å². The second-order valence-corrected chi connectivity index (χ2v) is 6.69. The molecule has 0 aliphatic carbocycles. The Morgan fingerprint density at radius 3 is 2.39 bits per heavy atom. The number of cyclic esters (lactones) is 1. The maximum absolute atomic E-state index is 11.2. The Bertz CT molecular complexity index is 563. The quantitative estimate of drug-likeness (QED) is 0.784. The van der Waals surface area contributed by atoms with Gasteiger partial charge in [0.15, 0.2) is 5.60 Å². The van der Waals surface area contributed by atoms with Gasteiger partial charge in [-0.25, -0.2) is 14.8 Å². The van der Waals surface area contributed by atoms with Crippen LogP contribution in [0, 0.1) is 0 Å². The molecule has 1 aromatic rings. The van der Waals surface area contributed by atoms with Crippen molar-refractivity contribution in [3.05, 3.63) is 18.0 Å². The largest absolute Gasteiger partial charge is 0.509 e. The van der Waals surface area contributed by atoms with Crippen LogP contribution < -0.4 is 4.90 Å². The lowest BCUT2D eigenvalue weighted by Crippen LogP contribution is -2.45. The van der Waals surface area contributed by atoms with E-state index in [-0.39, 0.29) is 5.60 Å². The highest BCUT2D eigenvalue weighted by Crippen LogP contribution is 2.32. The fourth-order valence-corrected chi connectivity index (χ4v) is 3.56. The molecule has 3 saturated heterocycles. The van der Waals surface area contributed by atoms with Crippen LogP contribution in [0.15, 0.2) is 12.4 Å². The van der Waals surface area contributed by atoms with E-state index in [4.69, 9.17) is 9.47 Å². The maximum Gasteiger partial charge on any atom is 0.509 e. The van der Waals surface area contributed by atoms with Crippen molar-refractivity contribution >= 4 is 12.1 Å². The summed E-state index contributed by atoms with van der Waals surface area (Å²) < 4.78 is 10.3. The molecular formula is C16H22N4O3. The van der Waals surface area contributed by atoms with E-state index < -0.39 is 6.16 Å². The van der Waals surface area contributed by atoms with E-state index in [2.05, 4.69) is 19.8 Å². The number of likely N-dealkylation sites (tertiary alicyclic amines) is 1. The van der Waals surface area contributed by atoms with Crippen molar-refractivity contribution in [3.8, 4) is 0 Å². The molecule has 1 aromatic heterocycles. The first kappa shape index (κ1) is 14.7. The third-order valence-electron chi connectivity index (χ3n) is 5.01. The van der Waals surface area contributed by atoms with E-state index in [0.29, 0.717) is 6.61 Å². The number of anilines is 1. The molecule has 4 rings (SSSR count). The van der Waals surface area contributed by atoms with Gasteiger partial charge < -0.3 is 14.4 Å². The van der Waals surface area contributed by atoms with E-state index in [1.807, 2.05) is 12.4 Å². The van der Waals surface area contributed by atoms with Crippen molar-refractivity contribution in [2.45, 2.75) is 37.8 Å². The molecule has 0 N–H and O–H groups in total. The zero-order valence-electron chi connectivity index (χ0n) is 13.2. The zero-order valence-corrected chi connectivity index (χ0v) is 13.2. The first-order valence-corrected chi connectivity index (χ1v) is 8.37. The van der Waals surface area contributed by atoms with Crippen LogP contribution in [0.3, 0.4) is 0 Å². The van der Waals surface area contributed by atoms with Crippen molar-refractivity contribution in [2.24, 2.45) is 0 Å². The zero-order chi connectivity index (χ0) is 15.7. The van der Waals surface area contributed by atoms with Crippen LogP contribution in [0.1, 0.15) is 31.2 Å². The number of aromatic nitrogens is 2. The van der Waals surface area contributed by atoms with Gasteiger partial charge in [-0.15, -0.1) is 0 Å². The summed E-state index contributed by atoms with van der Waals surface area (Å²) in [5.74, 6) is 0.846. The van der Waals surface area contributed by atoms with E-state index in [9.17, 15) is 4.79 Å². The lowest BCUT2D eigenvalue weighted by molar-refractivity contribution is -0.00166. The molecule has 3 aliphatic heterocycles. The number of hydrogen-bond donors (Lipinski definition) is 0. The van der Waals surface area contributed by atoms with Crippen LogP contribution in [0.2, 0.25) is 0 Å². The summed E-state index contributed by atoms with van der Waals surface area (Å²) in [6, 6.07) is 0. The first-order chi connectivity index (χ1) is 11.2. The molecule has 0 radical (unpaired) electrons. The fourth-order valence-electron chi connectivity index (χ4n) is 3.56. The van der Waals surface area contributed by atoms with Crippen LogP contribution in [0.25, 0.3) is 0 Å². The third kappa shape index (κ3) is 3.10. The molecule has 3 aliphatic rings. The lowest BCUT2D eigenvalue weighted by Gasteiger charge is -2.36. The Morgan fingerprint density at radius 2 is 1.78 bits per heavy atom. The van der Waals surface area contributed by atoms with Crippen molar-refractivity contribution in [1.82, 2.24) is 14.9 Å². The maximum atomic E-state index is 11.2. The molecule has 0 atom stereocenters. The second-order valence-electron chi connectivity index (χ2n) is 6.69. The number of carbonyl (C=O) groups excluding carboxylic acids is 1. The van der Waals surface area contributed by atoms with Crippen LogP contribution >= 0.6 is 0 Å². The minimum absolute atomic E-state index is 0.385. The Balaban J connectivity index is 1.31. The summed E-state index contributed by atoms with van der Waals surface area (Å²) in [6.07, 6.45) is 7.46. The van der Waals surface area contributed by atoms with Crippen molar-refractivity contribution in [2.75, 3.05) is 37.7 Å². The highest BCUT2D eigenvalue weighted by atomic mass is 16.8. The molecule has 4 heterocycles. The Morgan fingerprint density at radius 1 is 1.09 bits per heavy atom. The molecule has 0 amide bonds. The van der Waals surface area contributed by atoms with Gasteiger partial charge in [0.05, 0.1) is 0 Å². The predicted molar refractivity (Wildman–Crippen MR) is 83.2 cm³/mol. The summed E-state index contributed by atoms with van der Waals surface area (Å²) in [7, 11) is 0. The fraction of sp³-hybridized carbons (Fsp3) is 0.688. The highest BCUT2D eigenvalue weighted by molar-refractivity contribution is 5.62. The molecule has 0 saturated carbocycles. The number of rotatable bonds is 3.